The summed E-state index contributed by atoms with van der Waals surface area (Å²) in [7, 11) is 0. The van der Waals surface area contributed by atoms with Gasteiger partial charge in [0.15, 0.2) is 0 Å². The van der Waals surface area contributed by atoms with Gasteiger partial charge in [-0.3, -0.25) is 9.59 Å². The highest BCUT2D eigenvalue weighted by Crippen LogP contribution is 2.22. The van der Waals surface area contributed by atoms with Crippen molar-refractivity contribution < 1.29 is 9.59 Å². The van der Waals surface area contributed by atoms with Crippen molar-refractivity contribution in [2.75, 3.05) is 28.6 Å². The molecule has 2 N–H and O–H groups in total. The van der Waals surface area contributed by atoms with Crippen molar-refractivity contribution >= 4 is 28.9 Å². The summed E-state index contributed by atoms with van der Waals surface area (Å²) in [5, 5.41) is 5.31. The van der Waals surface area contributed by atoms with E-state index in [2.05, 4.69) is 36.3 Å². The van der Waals surface area contributed by atoms with Gasteiger partial charge < -0.3 is 15.5 Å². The smallest absolute Gasteiger partial charge is 0.314 e. The van der Waals surface area contributed by atoms with E-state index in [-0.39, 0.29) is 0 Å². The lowest BCUT2D eigenvalue weighted by Gasteiger charge is -2.22. The van der Waals surface area contributed by atoms with Crippen LogP contribution >= 0.6 is 0 Å². The molecule has 0 bridgehead atoms. The Bertz CT molecular complexity index is 765. The van der Waals surface area contributed by atoms with E-state index in [1.807, 2.05) is 37.3 Å². The molecular formula is C21H27N3O2. The van der Waals surface area contributed by atoms with Crippen LogP contribution in [0.25, 0.3) is 0 Å². The van der Waals surface area contributed by atoms with Crippen molar-refractivity contribution in [2.45, 2.75) is 34.1 Å². The number of hydrogen-bond donors (Lipinski definition) is 2. The number of carbonyl (C=O) groups excluding carboxylic acids is 2. The van der Waals surface area contributed by atoms with E-state index in [0.717, 1.165) is 30.8 Å². The summed E-state index contributed by atoms with van der Waals surface area (Å²) in [6.45, 7) is 10.0. The zero-order valence-corrected chi connectivity index (χ0v) is 15.9. The lowest BCUT2D eigenvalue weighted by Crippen LogP contribution is -2.29. The van der Waals surface area contributed by atoms with Gasteiger partial charge in [0.25, 0.3) is 0 Å². The molecule has 0 aliphatic carbocycles. The van der Waals surface area contributed by atoms with Gasteiger partial charge in [-0.2, -0.15) is 0 Å². The first-order chi connectivity index (χ1) is 12.5. The van der Waals surface area contributed by atoms with Crippen LogP contribution in [0, 0.1) is 6.92 Å². The van der Waals surface area contributed by atoms with Gasteiger partial charge in [0.1, 0.15) is 0 Å². The molecule has 5 heteroatoms. The third kappa shape index (κ3) is 4.85. The summed E-state index contributed by atoms with van der Waals surface area (Å²) in [5.74, 6) is -1.36. The number of nitrogens with one attached hydrogen (secondary N) is 2. The number of nitrogens with zero attached hydrogens (tertiary/aromatic N) is 1. The molecule has 0 fully saturated rings. The topological polar surface area (TPSA) is 61.4 Å². The van der Waals surface area contributed by atoms with E-state index >= 15 is 0 Å². The molecule has 0 aliphatic heterocycles. The minimum Gasteiger partial charge on any atom is -0.372 e. The Labute approximate surface area is 155 Å². The number of rotatable bonds is 6. The van der Waals surface area contributed by atoms with Crippen molar-refractivity contribution in [3.05, 3.63) is 53.6 Å². The number of anilines is 3. The van der Waals surface area contributed by atoms with Crippen LogP contribution in [0.5, 0.6) is 0 Å². The lowest BCUT2D eigenvalue weighted by atomic mass is 10.1. The molecular weight excluding hydrogens is 326 g/mol. The fourth-order valence-corrected chi connectivity index (χ4v) is 2.76. The van der Waals surface area contributed by atoms with E-state index in [0.29, 0.717) is 11.4 Å². The predicted molar refractivity (Wildman–Crippen MR) is 108 cm³/mol. The molecule has 0 atom stereocenters. The maximum atomic E-state index is 12.2. The van der Waals surface area contributed by atoms with Gasteiger partial charge >= 0.3 is 11.8 Å². The van der Waals surface area contributed by atoms with Crippen LogP contribution in [0.3, 0.4) is 0 Å². The monoisotopic (exact) mass is 353 g/mol. The van der Waals surface area contributed by atoms with Gasteiger partial charge in [-0.05, 0) is 68.7 Å². The van der Waals surface area contributed by atoms with Crippen molar-refractivity contribution in [3.8, 4) is 0 Å². The Morgan fingerprint density at radius 1 is 0.885 bits per heavy atom. The number of benzene rings is 2. The van der Waals surface area contributed by atoms with Gasteiger partial charge in [0, 0.05) is 30.2 Å². The molecule has 0 aliphatic rings. The molecule has 0 unspecified atom stereocenters. The molecule has 0 heterocycles. The normalized spacial score (nSPS) is 10.3. The molecule has 0 spiro atoms. The number of carbonyl (C=O) groups is 2. The number of hydrogen-bond acceptors (Lipinski definition) is 3. The molecule has 138 valence electrons. The highest BCUT2D eigenvalue weighted by molar-refractivity contribution is 6.43. The summed E-state index contributed by atoms with van der Waals surface area (Å²) in [6, 6.07) is 13.3. The molecule has 2 aromatic rings. The Hall–Kier alpha value is -2.82. The van der Waals surface area contributed by atoms with Gasteiger partial charge in [0.05, 0.1) is 0 Å². The first-order valence-electron chi connectivity index (χ1n) is 9.05. The average molecular weight is 353 g/mol. The zero-order chi connectivity index (χ0) is 19.1. The fourth-order valence-electron chi connectivity index (χ4n) is 2.76. The van der Waals surface area contributed by atoms with Crippen LogP contribution in [0.2, 0.25) is 0 Å². The molecule has 26 heavy (non-hydrogen) atoms. The third-order valence-electron chi connectivity index (χ3n) is 4.41. The van der Waals surface area contributed by atoms with Crippen molar-refractivity contribution in [1.82, 2.24) is 0 Å². The molecule has 5 nitrogen and oxygen atoms in total. The fraction of sp³-hybridized carbons (Fsp3) is 0.333. The van der Waals surface area contributed by atoms with E-state index < -0.39 is 11.8 Å². The Morgan fingerprint density at radius 3 is 2.04 bits per heavy atom. The van der Waals surface area contributed by atoms with Crippen LogP contribution in [0.4, 0.5) is 17.1 Å². The maximum absolute atomic E-state index is 12.2. The van der Waals surface area contributed by atoms with Crippen molar-refractivity contribution in [2.24, 2.45) is 0 Å². The van der Waals surface area contributed by atoms with Crippen molar-refractivity contribution in [1.29, 1.82) is 0 Å². The standard InChI is InChI=1S/C21H27N3O2/c1-5-16-8-10-17(11-9-16)22-20(25)21(26)23-19-13-12-18(14-15(19)4)24(6-2)7-3/h8-14H,5-7H2,1-4H3,(H,22,25)(H,23,26). The highest BCUT2D eigenvalue weighted by atomic mass is 16.2. The molecule has 0 radical (unpaired) electrons. The second-order valence-electron chi connectivity index (χ2n) is 6.13. The first kappa shape index (κ1) is 19.5. The Morgan fingerprint density at radius 2 is 1.50 bits per heavy atom. The second kappa shape index (κ2) is 9.04. The Kier molecular flexibility index (Phi) is 6.78. The van der Waals surface area contributed by atoms with Gasteiger partial charge in [-0.15, -0.1) is 0 Å². The van der Waals surface area contributed by atoms with Gasteiger partial charge in [-0.1, -0.05) is 19.1 Å². The van der Waals surface area contributed by atoms with Crippen LogP contribution < -0.4 is 15.5 Å². The maximum Gasteiger partial charge on any atom is 0.314 e. The van der Waals surface area contributed by atoms with Crippen LogP contribution in [-0.2, 0) is 16.0 Å². The lowest BCUT2D eigenvalue weighted by molar-refractivity contribution is -0.133. The molecule has 0 saturated heterocycles. The Balaban J connectivity index is 2.02. The highest BCUT2D eigenvalue weighted by Gasteiger charge is 2.15. The van der Waals surface area contributed by atoms with Crippen LogP contribution in [0.1, 0.15) is 31.9 Å². The third-order valence-corrected chi connectivity index (χ3v) is 4.41. The molecule has 2 amide bonds. The predicted octanol–water partition coefficient (Wildman–Crippen LogP) is 3.98. The summed E-state index contributed by atoms with van der Waals surface area (Å²) in [4.78, 5) is 26.5. The van der Waals surface area contributed by atoms with E-state index in [1.165, 1.54) is 5.56 Å². The summed E-state index contributed by atoms with van der Waals surface area (Å²) in [5.41, 5.74) is 4.45. The zero-order valence-electron chi connectivity index (χ0n) is 15.9. The minimum absolute atomic E-state index is 0.607. The molecule has 2 aromatic carbocycles. The number of amides is 2. The molecule has 2 rings (SSSR count). The van der Waals surface area contributed by atoms with E-state index in [1.54, 1.807) is 12.1 Å². The summed E-state index contributed by atoms with van der Waals surface area (Å²) >= 11 is 0. The largest absolute Gasteiger partial charge is 0.372 e. The van der Waals surface area contributed by atoms with Gasteiger partial charge in [0.2, 0.25) is 0 Å². The first-order valence-corrected chi connectivity index (χ1v) is 9.05. The minimum atomic E-state index is -0.679. The van der Waals surface area contributed by atoms with Crippen LogP contribution in [0.15, 0.2) is 42.5 Å². The second-order valence-corrected chi connectivity index (χ2v) is 6.13. The average Bonchev–Trinajstić information content (AvgIpc) is 2.65. The molecule has 0 saturated carbocycles. The summed E-state index contributed by atoms with van der Waals surface area (Å²) < 4.78 is 0. The summed E-state index contributed by atoms with van der Waals surface area (Å²) in [6.07, 6.45) is 0.928. The SMILES string of the molecule is CCc1ccc(NC(=O)C(=O)Nc2ccc(N(CC)CC)cc2C)cc1. The number of aryl methyl sites for hydroxylation is 2. The van der Waals surface area contributed by atoms with Crippen LogP contribution in [-0.4, -0.2) is 24.9 Å². The van der Waals surface area contributed by atoms with E-state index in [4.69, 9.17) is 0 Å². The van der Waals surface area contributed by atoms with Crippen molar-refractivity contribution in [3.63, 3.8) is 0 Å². The van der Waals surface area contributed by atoms with E-state index in [9.17, 15) is 9.59 Å². The quantitative estimate of drug-likeness (QED) is 0.772. The molecule has 0 aromatic heterocycles. The van der Waals surface area contributed by atoms with Gasteiger partial charge in [-0.25, -0.2) is 0 Å².